The molecule has 0 radical (unpaired) electrons. The van der Waals surface area contributed by atoms with Gasteiger partial charge in [0.25, 0.3) is 5.91 Å². The maximum atomic E-state index is 12.1. The number of methoxy groups -OCH3 is 1. The molecule has 2 N–H and O–H groups in total. The van der Waals surface area contributed by atoms with Crippen molar-refractivity contribution in [2.24, 2.45) is 5.84 Å². The van der Waals surface area contributed by atoms with Gasteiger partial charge in [0, 0.05) is 0 Å². The van der Waals surface area contributed by atoms with Gasteiger partial charge >= 0.3 is 0 Å². The summed E-state index contributed by atoms with van der Waals surface area (Å²) in [4.78, 5) is 12.5. The Morgan fingerprint density at radius 1 is 1.36 bits per heavy atom. The molecule has 1 fully saturated rings. The van der Waals surface area contributed by atoms with Crippen molar-refractivity contribution < 1.29 is 14.3 Å². The van der Waals surface area contributed by atoms with Gasteiger partial charge in [-0.05, 0) is 57.4 Å². The molecule has 0 atom stereocenters. The van der Waals surface area contributed by atoms with Crippen molar-refractivity contribution in [1.82, 2.24) is 5.01 Å². The first-order valence-corrected chi connectivity index (χ1v) is 9.96. The molecule has 2 aromatic carbocycles. The highest BCUT2D eigenvalue weighted by molar-refractivity contribution is 9.10. The molecule has 3 rings (SSSR count). The van der Waals surface area contributed by atoms with Crippen LogP contribution < -0.4 is 15.3 Å². The van der Waals surface area contributed by atoms with Crippen molar-refractivity contribution in [1.29, 1.82) is 5.26 Å². The van der Waals surface area contributed by atoms with Crippen LogP contribution in [0.25, 0.3) is 6.08 Å². The fraction of sp³-hybridized carbons (Fsp3) is 0.105. The molecule has 0 aromatic heterocycles. The molecule has 9 heteroatoms. The number of hydrazine groups is 1. The molecule has 142 valence electrons. The van der Waals surface area contributed by atoms with Crippen LogP contribution >= 0.6 is 39.9 Å². The minimum Gasteiger partial charge on any atom is -0.493 e. The zero-order valence-corrected chi connectivity index (χ0v) is 17.9. The van der Waals surface area contributed by atoms with Gasteiger partial charge in [-0.2, -0.15) is 5.26 Å². The maximum Gasteiger partial charge on any atom is 0.280 e. The third-order valence-electron chi connectivity index (χ3n) is 3.84. The zero-order chi connectivity index (χ0) is 20.3. The van der Waals surface area contributed by atoms with E-state index in [4.69, 9.17) is 32.8 Å². The number of amides is 1. The van der Waals surface area contributed by atoms with Crippen molar-refractivity contribution >= 4 is 56.2 Å². The van der Waals surface area contributed by atoms with E-state index in [0.29, 0.717) is 37.4 Å². The van der Waals surface area contributed by atoms with Crippen molar-refractivity contribution in [3.8, 4) is 17.6 Å². The second kappa shape index (κ2) is 8.75. The summed E-state index contributed by atoms with van der Waals surface area (Å²) >= 11 is 9.67. The SMILES string of the molecule is COc1cc(C=C2SC(=S)N(N)C2=O)cc(Br)c1OCc1ccc(C#N)cc1. The van der Waals surface area contributed by atoms with Gasteiger partial charge in [0.15, 0.2) is 15.8 Å². The predicted octanol–water partition coefficient (Wildman–Crippen LogP) is 3.98. The summed E-state index contributed by atoms with van der Waals surface area (Å²) in [5.74, 6) is 6.31. The van der Waals surface area contributed by atoms with Crippen LogP contribution in [-0.2, 0) is 11.4 Å². The van der Waals surface area contributed by atoms with E-state index in [1.165, 1.54) is 0 Å². The van der Waals surface area contributed by atoms with E-state index >= 15 is 0 Å². The summed E-state index contributed by atoms with van der Waals surface area (Å²) < 4.78 is 12.3. The molecule has 1 aliphatic rings. The molecule has 2 aromatic rings. The Bertz CT molecular complexity index is 1020. The van der Waals surface area contributed by atoms with E-state index < -0.39 is 0 Å². The van der Waals surface area contributed by atoms with Crippen LogP contribution in [0.4, 0.5) is 0 Å². The molecule has 28 heavy (non-hydrogen) atoms. The molecular weight excluding hydrogens is 462 g/mol. The summed E-state index contributed by atoms with van der Waals surface area (Å²) in [5, 5.41) is 9.82. The first-order chi connectivity index (χ1) is 13.4. The summed E-state index contributed by atoms with van der Waals surface area (Å²) in [6, 6.07) is 12.8. The second-order valence-corrected chi connectivity index (χ2v) is 8.21. The molecule has 1 aliphatic heterocycles. The highest BCUT2D eigenvalue weighted by Crippen LogP contribution is 2.39. The van der Waals surface area contributed by atoms with Crippen LogP contribution in [0.3, 0.4) is 0 Å². The Hall–Kier alpha value is -2.38. The topological polar surface area (TPSA) is 88.6 Å². The van der Waals surface area contributed by atoms with Crippen LogP contribution in [0, 0.1) is 11.3 Å². The van der Waals surface area contributed by atoms with Gasteiger partial charge in [0.05, 0.1) is 28.1 Å². The third-order valence-corrected chi connectivity index (χ3v) is 5.76. The Kier molecular flexibility index (Phi) is 6.36. The number of ether oxygens (including phenoxy) is 2. The lowest BCUT2D eigenvalue weighted by Crippen LogP contribution is -2.34. The summed E-state index contributed by atoms with van der Waals surface area (Å²) in [6.45, 7) is 0.311. The number of thioether (sulfide) groups is 1. The van der Waals surface area contributed by atoms with Gasteiger partial charge < -0.3 is 9.47 Å². The summed E-state index contributed by atoms with van der Waals surface area (Å²) in [5.41, 5.74) is 2.25. The van der Waals surface area contributed by atoms with E-state index in [1.54, 1.807) is 31.4 Å². The fourth-order valence-corrected chi connectivity index (χ4v) is 4.10. The smallest absolute Gasteiger partial charge is 0.280 e. The molecule has 6 nitrogen and oxygen atoms in total. The lowest BCUT2D eigenvalue weighted by Gasteiger charge is -2.14. The molecule has 0 spiro atoms. The van der Waals surface area contributed by atoms with Gasteiger partial charge in [-0.15, -0.1) is 0 Å². The van der Waals surface area contributed by atoms with Crippen molar-refractivity contribution in [2.75, 3.05) is 7.11 Å². The first kappa shape index (κ1) is 20.4. The van der Waals surface area contributed by atoms with E-state index in [0.717, 1.165) is 27.9 Å². The normalized spacial score (nSPS) is 15.1. The van der Waals surface area contributed by atoms with Gasteiger partial charge in [-0.1, -0.05) is 36.1 Å². The molecular formula is C19H14BrN3O3S2. The summed E-state index contributed by atoms with van der Waals surface area (Å²) in [6.07, 6.45) is 1.70. The van der Waals surface area contributed by atoms with Gasteiger partial charge in [0.1, 0.15) is 6.61 Å². The molecule has 1 heterocycles. The number of hydrogen-bond acceptors (Lipinski definition) is 7. The largest absolute Gasteiger partial charge is 0.493 e. The van der Waals surface area contributed by atoms with Crippen LogP contribution in [0.1, 0.15) is 16.7 Å². The standard InChI is InChI=1S/C19H14BrN3O3S2/c1-25-15-7-13(8-16-18(24)23(22)19(27)28-16)6-14(20)17(15)26-10-12-4-2-11(9-21)3-5-12/h2-8H,10,22H2,1H3. The number of benzene rings is 2. The fourth-order valence-electron chi connectivity index (χ4n) is 2.43. The van der Waals surface area contributed by atoms with Crippen molar-refractivity contribution in [3.63, 3.8) is 0 Å². The lowest BCUT2D eigenvalue weighted by molar-refractivity contribution is -0.122. The molecule has 0 aliphatic carbocycles. The number of carbonyl (C=O) groups excluding carboxylic acids is 1. The van der Waals surface area contributed by atoms with E-state index in [-0.39, 0.29) is 5.91 Å². The molecule has 0 saturated carbocycles. The monoisotopic (exact) mass is 475 g/mol. The van der Waals surface area contributed by atoms with E-state index in [2.05, 4.69) is 22.0 Å². The number of carbonyl (C=O) groups is 1. The number of nitrogens with two attached hydrogens (primary N) is 1. The highest BCUT2D eigenvalue weighted by Gasteiger charge is 2.29. The second-order valence-electron chi connectivity index (χ2n) is 5.68. The van der Waals surface area contributed by atoms with Crippen molar-refractivity contribution in [2.45, 2.75) is 6.61 Å². The van der Waals surface area contributed by atoms with Crippen LogP contribution in [0.2, 0.25) is 0 Å². The van der Waals surface area contributed by atoms with Crippen LogP contribution in [0.15, 0.2) is 45.8 Å². The number of rotatable bonds is 5. The molecule has 1 amide bonds. The highest BCUT2D eigenvalue weighted by atomic mass is 79.9. The average molecular weight is 476 g/mol. The van der Waals surface area contributed by atoms with Gasteiger partial charge in [-0.25, -0.2) is 10.9 Å². The van der Waals surface area contributed by atoms with E-state index in [9.17, 15) is 4.79 Å². The van der Waals surface area contributed by atoms with Crippen LogP contribution in [0.5, 0.6) is 11.5 Å². The Morgan fingerprint density at radius 2 is 2.07 bits per heavy atom. The van der Waals surface area contributed by atoms with Crippen LogP contribution in [-0.4, -0.2) is 22.3 Å². The minimum atomic E-state index is -0.341. The summed E-state index contributed by atoms with van der Waals surface area (Å²) in [7, 11) is 1.54. The average Bonchev–Trinajstić information content (AvgIpc) is 2.93. The number of nitriles is 1. The molecule has 1 saturated heterocycles. The Morgan fingerprint density at radius 3 is 2.64 bits per heavy atom. The van der Waals surface area contributed by atoms with Gasteiger partial charge in [0.2, 0.25) is 0 Å². The van der Waals surface area contributed by atoms with Gasteiger partial charge in [-0.3, -0.25) is 4.79 Å². The Balaban J connectivity index is 1.82. The maximum absolute atomic E-state index is 12.1. The Labute approximate surface area is 180 Å². The number of thiocarbonyl (C=S) groups is 1. The third kappa shape index (κ3) is 4.36. The quantitative estimate of drug-likeness (QED) is 0.302. The zero-order valence-electron chi connectivity index (χ0n) is 14.6. The number of halogens is 1. The predicted molar refractivity (Wildman–Crippen MR) is 115 cm³/mol. The molecule has 0 unspecified atom stereocenters. The lowest BCUT2D eigenvalue weighted by atomic mass is 10.1. The minimum absolute atomic E-state index is 0.310. The first-order valence-electron chi connectivity index (χ1n) is 7.95. The number of nitrogens with zero attached hydrogens (tertiary/aromatic N) is 2. The molecule has 0 bridgehead atoms. The number of hydrogen-bond donors (Lipinski definition) is 1. The van der Waals surface area contributed by atoms with E-state index in [1.807, 2.05) is 18.2 Å². The van der Waals surface area contributed by atoms with Crippen molar-refractivity contribution in [3.05, 3.63) is 62.5 Å².